The van der Waals surface area contributed by atoms with Gasteiger partial charge in [-0.15, -0.1) is 0 Å². The van der Waals surface area contributed by atoms with Gasteiger partial charge in [0, 0.05) is 19.7 Å². The van der Waals surface area contributed by atoms with Crippen molar-refractivity contribution in [3.8, 4) is 0 Å². The Hall–Kier alpha value is -0.610. The lowest BCUT2D eigenvalue weighted by atomic mass is 9.78. The fraction of sp³-hybridized carbons (Fsp3) is 0.929. The highest BCUT2D eigenvalue weighted by Gasteiger charge is 2.40. The van der Waals surface area contributed by atoms with Gasteiger partial charge in [0.05, 0.1) is 12.0 Å². The number of carbonyl (C=O) groups is 1. The van der Waals surface area contributed by atoms with Crippen LogP contribution in [0.1, 0.15) is 46.0 Å². The molecule has 0 aliphatic carbocycles. The molecule has 1 unspecified atom stereocenters. The van der Waals surface area contributed by atoms with Crippen LogP contribution in [-0.2, 0) is 9.53 Å². The van der Waals surface area contributed by atoms with Gasteiger partial charge in [0.2, 0.25) is 0 Å². The second-order valence-electron chi connectivity index (χ2n) is 5.28. The third-order valence-electron chi connectivity index (χ3n) is 3.98. The molecular formula is C14H27NO3. The largest absolute Gasteiger partial charge is 0.481 e. The quantitative estimate of drug-likeness (QED) is 0.678. The standard InChI is InChI=1S/C14H27NO3/c1-3-5-10-18-11-9-15-8-6-7-14(4-2,12-15)13(16)17/h3-12H2,1-2H3,(H,16,17). The van der Waals surface area contributed by atoms with Gasteiger partial charge in [-0.2, -0.15) is 0 Å². The van der Waals surface area contributed by atoms with Crippen molar-refractivity contribution >= 4 is 5.97 Å². The molecule has 0 aromatic heterocycles. The van der Waals surface area contributed by atoms with Crippen LogP contribution in [-0.4, -0.2) is 48.8 Å². The van der Waals surface area contributed by atoms with Gasteiger partial charge in [-0.05, 0) is 32.2 Å². The Kier molecular flexibility index (Phi) is 6.65. The monoisotopic (exact) mass is 257 g/mol. The van der Waals surface area contributed by atoms with Crippen molar-refractivity contribution < 1.29 is 14.6 Å². The number of nitrogens with zero attached hydrogens (tertiary/aromatic N) is 1. The van der Waals surface area contributed by atoms with Crippen LogP contribution in [0.25, 0.3) is 0 Å². The Morgan fingerprint density at radius 1 is 1.39 bits per heavy atom. The van der Waals surface area contributed by atoms with Crippen molar-refractivity contribution in [1.82, 2.24) is 4.90 Å². The highest BCUT2D eigenvalue weighted by Crippen LogP contribution is 2.33. The van der Waals surface area contributed by atoms with Crippen molar-refractivity contribution in [3.05, 3.63) is 0 Å². The summed E-state index contributed by atoms with van der Waals surface area (Å²) in [5.74, 6) is -0.637. The van der Waals surface area contributed by atoms with Gasteiger partial charge in [-0.25, -0.2) is 0 Å². The molecule has 0 aromatic rings. The Morgan fingerprint density at radius 3 is 2.78 bits per heavy atom. The van der Waals surface area contributed by atoms with Crippen LogP contribution in [0, 0.1) is 5.41 Å². The number of unbranched alkanes of at least 4 members (excludes halogenated alkanes) is 1. The maximum absolute atomic E-state index is 11.4. The number of piperidine rings is 1. The zero-order chi connectivity index (χ0) is 13.4. The Morgan fingerprint density at radius 2 is 2.17 bits per heavy atom. The van der Waals surface area contributed by atoms with E-state index in [2.05, 4.69) is 11.8 Å². The first kappa shape index (κ1) is 15.4. The van der Waals surface area contributed by atoms with Crippen molar-refractivity contribution in [2.45, 2.75) is 46.0 Å². The van der Waals surface area contributed by atoms with E-state index in [-0.39, 0.29) is 0 Å². The van der Waals surface area contributed by atoms with Crippen LogP contribution in [0.4, 0.5) is 0 Å². The summed E-state index contributed by atoms with van der Waals surface area (Å²) in [6.45, 7) is 8.22. The van der Waals surface area contributed by atoms with Gasteiger partial charge in [0.1, 0.15) is 0 Å². The average Bonchev–Trinajstić information content (AvgIpc) is 2.38. The van der Waals surface area contributed by atoms with Crippen molar-refractivity contribution in [2.75, 3.05) is 32.8 Å². The zero-order valence-electron chi connectivity index (χ0n) is 11.8. The van der Waals surface area contributed by atoms with Crippen LogP contribution >= 0.6 is 0 Å². The van der Waals surface area contributed by atoms with E-state index in [1.54, 1.807) is 0 Å². The summed E-state index contributed by atoms with van der Waals surface area (Å²) in [4.78, 5) is 13.7. The number of likely N-dealkylation sites (tertiary alicyclic amines) is 1. The fourth-order valence-corrected chi connectivity index (χ4v) is 2.57. The third-order valence-corrected chi connectivity index (χ3v) is 3.98. The SMILES string of the molecule is CCCCOCCN1CCCC(CC)(C(=O)O)C1. The molecule has 1 fully saturated rings. The van der Waals surface area contributed by atoms with Crippen LogP contribution in [0.15, 0.2) is 0 Å². The minimum atomic E-state index is -0.637. The number of hydrogen-bond donors (Lipinski definition) is 1. The van der Waals surface area contributed by atoms with Gasteiger partial charge >= 0.3 is 5.97 Å². The van der Waals surface area contributed by atoms with Crippen LogP contribution < -0.4 is 0 Å². The van der Waals surface area contributed by atoms with Crippen molar-refractivity contribution in [1.29, 1.82) is 0 Å². The van der Waals surface area contributed by atoms with Gasteiger partial charge in [-0.3, -0.25) is 9.69 Å². The topological polar surface area (TPSA) is 49.8 Å². The normalized spacial score (nSPS) is 25.2. The summed E-state index contributed by atoms with van der Waals surface area (Å²) in [6.07, 6.45) is 4.77. The van der Waals surface area contributed by atoms with E-state index in [4.69, 9.17) is 4.74 Å². The number of carboxylic acid groups (broad SMARTS) is 1. The van der Waals surface area contributed by atoms with Crippen LogP contribution in [0.5, 0.6) is 0 Å². The van der Waals surface area contributed by atoms with E-state index in [0.717, 1.165) is 58.4 Å². The number of hydrogen-bond acceptors (Lipinski definition) is 3. The molecule has 4 heteroatoms. The fourth-order valence-electron chi connectivity index (χ4n) is 2.57. The van der Waals surface area contributed by atoms with Gasteiger partial charge in [0.15, 0.2) is 0 Å². The molecule has 1 saturated heterocycles. The number of carboxylic acids is 1. The third kappa shape index (κ3) is 4.25. The molecular weight excluding hydrogens is 230 g/mol. The van der Waals surface area contributed by atoms with E-state index in [1.807, 2.05) is 6.92 Å². The van der Waals surface area contributed by atoms with Gasteiger partial charge in [-0.1, -0.05) is 20.3 Å². The first-order valence-corrected chi connectivity index (χ1v) is 7.18. The van der Waals surface area contributed by atoms with Gasteiger partial charge in [0.25, 0.3) is 0 Å². The van der Waals surface area contributed by atoms with E-state index in [1.165, 1.54) is 0 Å². The lowest BCUT2D eigenvalue weighted by Gasteiger charge is -2.39. The summed E-state index contributed by atoms with van der Waals surface area (Å²) < 4.78 is 5.55. The highest BCUT2D eigenvalue weighted by molar-refractivity contribution is 5.75. The molecule has 4 nitrogen and oxygen atoms in total. The van der Waals surface area contributed by atoms with E-state index < -0.39 is 11.4 Å². The molecule has 106 valence electrons. The smallest absolute Gasteiger partial charge is 0.310 e. The minimum Gasteiger partial charge on any atom is -0.481 e. The summed E-state index contributed by atoms with van der Waals surface area (Å²) in [5, 5.41) is 9.39. The lowest BCUT2D eigenvalue weighted by molar-refractivity contribution is -0.153. The molecule has 0 bridgehead atoms. The van der Waals surface area contributed by atoms with Crippen molar-refractivity contribution in [2.24, 2.45) is 5.41 Å². The molecule has 0 radical (unpaired) electrons. The van der Waals surface area contributed by atoms with Crippen LogP contribution in [0.3, 0.4) is 0 Å². The van der Waals surface area contributed by atoms with E-state index in [9.17, 15) is 9.90 Å². The average molecular weight is 257 g/mol. The second kappa shape index (κ2) is 7.74. The summed E-state index contributed by atoms with van der Waals surface area (Å²) in [7, 11) is 0. The number of aliphatic carboxylic acids is 1. The van der Waals surface area contributed by atoms with E-state index >= 15 is 0 Å². The molecule has 1 rings (SSSR count). The molecule has 0 amide bonds. The maximum atomic E-state index is 11.4. The molecule has 1 aliphatic heterocycles. The molecule has 0 aromatic carbocycles. The summed E-state index contributed by atoms with van der Waals surface area (Å²) >= 11 is 0. The molecule has 1 heterocycles. The predicted octanol–water partition coefficient (Wildman–Crippen LogP) is 2.38. The molecule has 1 N–H and O–H groups in total. The molecule has 1 atom stereocenters. The Balaban J connectivity index is 2.32. The molecule has 18 heavy (non-hydrogen) atoms. The first-order chi connectivity index (χ1) is 8.64. The first-order valence-electron chi connectivity index (χ1n) is 7.18. The number of rotatable bonds is 8. The summed E-state index contributed by atoms with van der Waals surface area (Å²) in [6, 6.07) is 0. The van der Waals surface area contributed by atoms with Crippen LogP contribution in [0.2, 0.25) is 0 Å². The zero-order valence-corrected chi connectivity index (χ0v) is 11.8. The molecule has 0 spiro atoms. The number of ether oxygens (including phenoxy) is 1. The summed E-state index contributed by atoms with van der Waals surface area (Å²) in [5.41, 5.74) is -0.526. The second-order valence-corrected chi connectivity index (χ2v) is 5.28. The Bertz CT molecular complexity index is 257. The molecule has 1 aliphatic rings. The highest BCUT2D eigenvalue weighted by atomic mass is 16.5. The predicted molar refractivity (Wildman–Crippen MR) is 71.8 cm³/mol. The molecule has 0 saturated carbocycles. The van der Waals surface area contributed by atoms with E-state index in [0.29, 0.717) is 6.54 Å². The maximum Gasteiger partial charge on any atom is 0.310 e. The lowest BCUT2D eigenvalue weighted by Crippen LogP contribution is -2.48. The Labute approximate surface area is 110 Å². The van der Waals surface area contributed by atoms with Crippen molar-refractivity contribution in [3.63, 3.8) is 0 Å². The minimum absolute atomic E-state index is 0.526. The van der Waals surface area contributed by atoms with Gasteiger partial charge < -0.3 is 9.84 Å².